The third-order valence-corrected chi connectivity index (χ3v) is 4.60. The third kappa shape index (κ3) is 3.35. The van der Waals surface area contributed by atoms with Gasteiger partial charge in [-0.2, -0.15) is 0 Å². The first-order valence-electron chi connectivity index (χ1n) is 8.23. The van der Waals surface area contributed by atoms with Crippen LogP contribution in [0.15, 0.2) is 42.5 Å². The lowest BCUT2D eigenvalue weighted by molar-refractivity contribution is -0.116. The van der Waals surface area contributed by atoms with Gasteiger partial charge in [0.25, 0.3) is 11.8 Å². The highest BCUT2D eigenvalue weighted by atomic mass is 35.5. The van der Waals surface area contributed by atoms with Gasteiger partial charge in [-0.05, 0) is 35.2 Å². The van der Waals surface area contributed by atoms with Gasteiger partial charge in [-0.15, -0.1) is 0 Å². The summed E-state index contributed by atoms with van der Waals surface area (Å²) in [5, 5.41) is 2.92. The molecule has 0 unspecified atom stereocenters. The lowest BCUT2D eigenvalue weighted by Crippen LogP contribution is -2.37. The summed E-state index contributed by atoms with van der Waals surface area (Å²) < 4.78 is 0. The van der Waals surface area contributed by atoms with E-state index in [0.29, 0.717) is 5.69 Å². The number of amides is 3. The molecule has 1 aliphatic rings. The molecule has 0 saturated heterocycles. The molecule has 134 valence electrons. The van der Waals surface area contributed by atoms with E-state index in [1.807, 2.05) is 12.1 Å². The van der Waals surface area contributed by atoms with Crippen LogP contribution in [0.25, 0.3) is 0 Å². The number of benzene rings is 2. The molecule has 1 N–H and O–H groups in total. The quantitative estimate of drug-likeness (QED) is 0.834. The van der Waals surface area contributed by atoms with Crippen molar-refractivity contribution >= 4 is 35.0 Å². The molecule has 0 aromatic heterocycles. The minimum atomic E-state index is -0.547. The Bertz CT molecular complexity index is 898. The van der Waals surface area contributed by atoms with E-state index in [4.69, 9.17) is 11.6 Å². The van der Waals surface area contributed by atoms with Gasteiger partial charge in [0.15, 0.2) is 0 Å². The zero-order chi connectivity index (χ0) is 19.1. The van der Waals surface area contributed by atoms with Crippen molar-refractivity contribution in [2.45, 2.75) is 26.2 Å². The largest absolute Gasteiger partial charge is 0.325 e. The Hall–Kier alpha value is -2.66. The molecular weight excluding hydrogens is 352 g/mol. The molecule has 3 amide bonds. The van der Waals surface area contributed by atoms with Gasteiger partial charge in [0, 0.05) is 5.69 Å². The first kappa shape index (κ1) is 18.1. The molecule has 2 aromatic rings. The topological polar surface area (TPSA) is 66.5 Å². The molecule has 0 spiro atoms. The number of hydrogen-bond acceptors (Lipinski definition) is 3. The Balaban J connectivity index is 1.71. The van der Waals surface area contributed by atoms with Crippen molar-refractivity contribution in [1.82, 2.24) is 4.90 Å². The molecule has 0 bridgehead atoms. The number of hydrogen-bond donors (Lipinski definition) is 1. The number of rotatable bonds is 3. The second-order valence-corrected chi connectivity index (χ2v) is 7.64. The number of carbonyl (C=O) groups is 3. The maximum Gasteiger partial charge on any atom is 0.263 e. The summed E-state index contributed by atoms with van der Waals surface area (Å²) in [5.74, 6) is -1.50. The molecule has 0 saturated carbocycles. The number of nitrogens with one attached hydrogen (secondary N) is 1. The highest BCUT2D eigenvalue weighted by Gasteiger charge is 2.38. The summed E-state index contributed by atoms with van der Waals surface area (Å²) in [6.07, 6.45) is 0. The maximum absolute atomic E-state index is 12.4. The van der Waals surface area contributed by atoms with Crippen LogP contribution in [-0.2, 0) is 10.2 Å². The fourth-order valence-corrected chi connectivity index (χ4v) is 3.09. The van der Waals surface area contributed by atoms with Gasteiger partial charge in [-0.25, -0.2) is 0 Å². The molecular formula is C20H19ClN2O3. The second-order valence-electron chi connectivity index (χ2n) is 7.23. The van der Waals surface area contributed by atoms with Crippen molar-refractivity contribution in [1.29, 1.82) is 0 Å². The van der Waals surface area contributed by atoms with Crippen LogP contribution >= 0.6 is 11.6 Å². The van der Waals surface area contributed by atoms with Crippen LogP contribution < -0.4 is 5.32 Å². The second kappa shape index (κ2) is 6.57. The fourth-order valence-electron chi connectivity index (χ4n) is 2.83. The third-order valence-electron chi connectivity index (χ3n) is 4.28. The minimum absolute atomic E-state index is 0.0158. The molecule has 0 radical (unpaired) electrons. The Morgan fingerprint density at radius 2 is 1.69 bits per heavy atom. The zero-order valence-corrected chi connectivity index (χ0v) is 15.6. The Labute approximate surface area is 156 Å². The highest BCUT2D eigenvalue weighted by molar-refractivity contribution is 6.37. The lowest BCUT2D eigenvalue weighted by atomic mass is 9.87. The highest BCUT2D eigenvalue weighted by Crippen LogP contribution is 2.29. The van der Waals surface area contributed by atoms with Crippen LogP contribution in [0.2, 0.25) is 5.02 Å². The first-order valence-corrected chi connectivity index (χ1v) is 8.61. The number of imide groups is 1. The van der Waals surface area contributed by atoms with Crippen LogP contribution in [0.1, 0.15) is 47.1 Å². The summed E-state index contributed by atoms with van der Waals surface area (Å²) >= 11 is 6.01. The Morgan fingerprint density at radius 3 is 2.27 bits per heavy atom. The molecule has 2 aromatic carbocycles. The van der Waals surface area contributed by atoms with Gasteiger partial charge in [0.2, 0.25) is 5.91 Å². The average molecular weight is 371 g/mol. The van der Waals surface area contributed by atoms with Gasteiger partial charge in [0.1, 0.15) is 6.54 Å². The molecule has 0 aliphatic carbocycles. The van der Waals surface area contributed by atoms with E-state index in [9.17, 15) is 14.4 Å². The normalized spacial score (nSPS) is 13.8. The maximum atomic E-state index is 12.4. The SMILES string of the molecule is CC(C)(C)c1ccc(NC(=O)CN2C(=O)c3cccc(Cl)c3C2=O)cc1. The number of anilines is 1. The van der Waals surface area contributed by atoms with Crippen molar-refractivity contribution in [3.05, 3.63) is 64.2 Å². The Morgan fingerprint density at radius 1 is 1.04 bits per heavy atom. The van der Waals surface area contributed by atoms with Crippen molar-refractivity contribution in [2.75, 3.05) is 11.9 Å². The van der Waals surface area contributed by atoms with Crippen molar-refractivity contribution in [3.8, 4) is 0 Å². The average Bonchev–Trinajstić information content (AvgIpc) is 2.80. The van der Waals surface area contributed by atoms with E-state index >= 15 is 0 Å². The zero-order valence-electron chi connectivity index (χ0n) is 14.8. The van der Waals surface area contributed by atoms with E-state index in [2.05, 4.69) is 26.1 Å². The molecule has 0 atom stereocenters. The van der Waals surface area contributed by atoms with Gasteiger partial charge in [-0.3, -0.25) is 19.3 Å². The summed E-state index contributed by atoms with van der Waals surface area (Å²) in [6.45, 7) is 5.96. The standard InChI is InChI=1S/C20H19ClN2O3/c1-20(2,3)12-7-9-13(10-8-12)22-16(24)11-23-18(25)14-5-4-6-15(21)17(14)19(23)26/h4-10H,11H2,1-3H3,(H,22,24). The minimum Gasteiger partial charge on any atom is -0.325 e. The molecule has 3 rings (SSSR count). The summed E-state index contributed by atoms with van der Waals surface area (Å²) in [7, 11) is 0. The van der Waals surface area contributed by atoms with Gasteiger partial charge < -0.3 is 5.32 Å². The first-order chi connectivity index (χ1) is 12.2. The van der Waals surface area contributed by atoms with Crippen molar-refractivity contribution in [3.63, 3.8) is 0 Å². The van der Waals surface area contributed by atoms with E-state index in [1.54, 1.807) is 24.3 Å². The van der Waals surface area contributed by atoms with E-state index < -0.39 is 17.7 Å². The van der Waals surface area contributed by atoms with Crippen LogP contribution in [0.4, 0.5) is 5.69 Å². The van der Waals surface area contributed by atoms with E-state index in [1.165, 1.54) is 6.07 Å². The molecule has 1 aliphatic heterocycles. The summed E-state index contributed by atoms with van der Waals surface area (Å²) in [6, 6.07) is 12.2. The number of carbonyl (C=O) groups excluding carboxylic acids is 3. The van der Waals surface area contributed by atoms with Crippen molar-refractivity contribution in [2.24, 2.45) is 0 Å². The number of fused-ring (bicyclic) bond motifs is 1. The molecule has 1 heterocycles. The van der Waals surface area contributed by atoms with Gasteiger partial charge >= 0.3 is 0 Å². The summed E-state index contributed by atoms with van der Waals surface area (Å²) in [5.41, 5.74) is 2.15. The Kier molecular flexibility index (Phi) is 4.59. The van der Waals surface area contributed by atoms with Crippen LogP contribution in [0.5, 0.6) is 0 Å². The van der Waals surface area contributed by atoms with Gasteiger partial charge in [0.05, 0.1) is 16.1 Å². The van der Waals surface area contributed by atoms with E-state index in [-0.39, 0.29) is 28.1 Å². The van der Waals surface area contributed by atoms with Crippen LogP contribution in [0, 0.1) is 0 Å². The summed E-state index contributed by atoms with van der Waals surface area (Å²) in [4.78, 5) is 38.0. The molecule has 5 nitrogen and oxygen atoms in total. The van der Waals surface area contributed by atoms with Crippen molar-refractivity contribution < 1.29 is 14.4 Å². The number of nitrogens with zero attached hydrogens (tertiary/aromatic N) is 1. The smallest absolute Gasteiger partial charge is 0.263 e. The monoisotopic (exact) mass is 370 g/mol. The molecule has 6 heteroatoms. The lowest BCUT2D eigenvalue weighted by Gasteiger charge is -2.19. The predicted octanol–water partition coefficient (Wildman–Crippen LogP) is 3.87. The molecule has 26 heavy (non-hydrogen) atoms. The predicted molar refractivity (Wildman–Crippen MR) is 101 cm³/mol. The van der Waals surface area contributed by atoms with Crippen LogP contribution in [0.3, 0.4) is 0 Å². The van der Waals surface area contributed by atoms with Crippen LogP contribution in [-0.4, -0.2) is 29.2 Å². The fraction of sp³-hybridized carbons (Fsp3) is 0.250. The molecule has 0 fully saturated rings. The number of halogens is 1. The van der Waals surface area contributed by atoms with E-state index in [0.717, 1.165) is 10.5 Å². The van der Waals surface area contributed by atoms with Gasteiger partial charge in [-0.1, -0.05) is 50.6 Å².